The van der Waals surface area contributed by atoms with E-state index in [0.29, 0.717) is 0 Å². The number of nitrogens with zero attached hydrogens (tertiary/aromatic N) is 1. The summed E-state index contributed by atoms with van der Waals surface area (Å²) in [6.07, 6.45) is 1.24. The maximum Gasteiger partial charge on any atom is 0.292 e. The van der Waals surface area contributed by atoms with Crippen molar-refractivity contribution in [1.82, 2.24) is 4.98 Å². The van der Waals surface area contributed by atoms with Gasteiger partial charge in [0.15, 0.2) is 17.4 Å². The first-order valence-corrected chi connectivity index (χ1v) is 3.84. The average molecular weight is 196 g/mol. The number of halogens is 2. The molecule has 0 aliphatic carbocycles. The van der Waals surface area contributed by atoms with Crippen molar-refractivity contribution < 1.29 is 13.2 Å². The largest absolute Gasteiger partial charge is 0.424 e. The molecule has 0 aliphatic rings. The van der Waals surface area contributed by atoms with Gasteiger partial charge in [-0.2, -0.15) is 0 Å². The summed E-state index contributed by atoms with van der Waals surface area (Å²) in [5.41, 5.74) is 5.22. The van der Waals surface area contributed by atoms with Crippen molar-refractivity contribution in [3.05, 3.63) is 36.0 Å². The van der Waals surface area contributed by atoms with Crippen LogP contribution in [-0.4, -0.2) is 4.98 Å². The molecule has 0 radical (unpaired) electrons. The molecule has 0 spiro atoms. The molecule has 0 atom stereocenters. The van der Waals surface area contributed by atoms with Crippen LogP contribution in [0.15, 0.2) is 28.8 Å². The van der Waals surface area contributed by atoms with Crippen molar-refractivity contribution in [1.29, 1.82) is 0 Å². The van der Waals surface area contributed by atoms with Gasteiger partial charge in [-0.1, -0.05) is 6.07 Å². The molecular weight excluding hydrogens is 190 g/mol. The molecule has 2 rings (SSSR count). The minimum Gasteiger partial charge on any atom is -0.424 e. The Bertz CT molecular complexity index is 468. The zero-order valence-electron chi connectivity index (χ0n) is 7.00. The first-order valence-electron chi connectivity index (χ1n) is 3.84. The Morgan fingerprint density at radius 2 is 2.07 bits per heavy atom. The van der Waals surface area contributed by atoms with E-state index < -0.39 is 11.6 Å². The van der Waals surface area contributed by atoms with Gasteiger partial charge in [-0.25, -0.2) is 13.8 Å². The predicted octanol–water partition coefficient (Wildman–Crippen LogP) is 2.20. The van der Waals surface area contributed by atoms with Gasteiger partial charge in [-0.15, -0.1) is 0 Å². The second-order valence-electron chi connectivity index (χ2n) is 2.66. The Hall–Kier alpha value is -1.91. The van der Waals surface area contributed by atoms with Crippen molar-refractivity contribution in [2.45, 2.75) is 0 Å². The fourth-order valence-electron chi connectivity index (χ4n) is 1.11. The van der Waals surface area contributed by atoms with Crippen molar-refractivity contribution in [3.8, 4) is 11.3 Å². The van der Waals surface area contributed by atoms with Crippen LogP contribution in [0, 0.1) is 11.6 Å². The molecule has 2 N–H and O–H groups in total. The van der Waals surface area contributed by atoms with E-state index in [1.165, 1.54) is 18.3 Å². The number of rotatable bonds is 1. The standard InChI is InChI=1S/C9H6F2N2O/c10-6-3-1-2-5(8(6)11)7-4-13-9(12)14-7/h1-4H,(H2,12,13). The minimum absolute atomic E-state index is 0.00852. The van der Waals surface area contributed by atoms with Crippen molar-refractivity contribution in [3.63, 3.8) is 0 Å². The summed E-state index contributed by atoms with van der Waals surface area (Å²) < 4.78 is 30.9. The molecule has 0 amide bonds. The van der Waals surface area contributed by atoms with E-state index in [0.717, 1.165) is 6.07 Å². The van der Waals surface area contributed by atoms with Gasteiger partial charge in [-0.05, 0) is 12.1 Å². The van der Waals surface area contributed by atoms with E-state index >= 15 is 0 Å². The number of anilines is 1. The summed E-state index contributed by atoms with van der Waals surface area (Å²) in [4.78, 5) is 3.59. The maximum atomic E-state index is 13.2. The fraction of sp³-hybridized carbons (Fsp3) is 0. The molecule has 0 aliphatic heterocycles. The van der Waals surface area contributed by atoms with Gasteiger partial charge in [0, 0.05) is 0 Å². The normalized spacial score (nSPS) is 10.4. The highest BCUT2D eigenvalue weighted by Gasteiger charge is 2.12. The van der Waals surface area contributed by atoms with Crippen LogP contribution in [0.5, 0.6) is 0 Å². The number of nitrogens with two attached hydrogens (primary N) is 1. The highest BCUT2D eigenvalue weighted by Crippen LogP contribution is 2.25. The van der Waals surface area contributed by atoms with E-state index in [9.17, 15) is 8.78 Å². The predicted molar refractivity (Wildman–Crippen MR) is 46.3 cm³/mol. The van der Waals surface area contributed by atoms with E-state index in [2.05, 4.69) is 4.98 Å². The lowest BCUT2D eigenvalue weighted by Gasteiger charge is -1.98. The van der Waals surface area contributed by atoms with E-state index in [1.807, 2.05) is 0 Å². The third-order valence-electron chi connectivity index (χ3n) is 1.74. The zero-order chi connectivity index (χ0) is 10.1. The third kappa shape index (κ3) is 1.32. The second kappa shape index (κ2) is 3.10. The molecule has 3 nitrogen and oxygen atoms in total. The number of hydrogen-bond donors (Lipinski definition) is 1. The van der Waals surface area contributed by atoms with Gasteiger partial charge in [0.2, 0.25) is 0 Å². The monoisotopic (exact) mass is 196 g/mol. The number of aromatic nitrogens is 1. The van der Waals surface area contributed by atoms with Gasteiger partial charge in [0.1, 0.15) is 0 Å². The molecule has 5 heteroatoms. The number of oxazole rings is 1. The van der Waals surface area contributed by atoms with Crippen LogP contribution >= 0.6 is 0 Å². The van der Waals surface area contributed by atoms with Crippen LogP contribution in [-0.2, 0) is 0 Å². The third-order valence-corrected chi connectivity index (χ3v) is 1.74. The van der Waals surface area contributed by atoms with Gasteiger partial charge >= 0.3 is 0 Å². The smallest absolute Gasteiger partial charge is 0.292 e. The van der Waals surface area contributed by atoms with E-state index in [1.54, 1.807) is 0 Å². The summed E-state index contributed by atoms with van der Waals surface area (Å²) in [6.45, 7) is 0. The Kier molecular flexibility index (Phi) is 1.92. The van der Waals surface area contributed by atoms with Crippen LogP contribution in [0.25, 0.3) is 11.3 Å². The molecular formula is C9H6F2N2O. The van der Waals surface area contributed by atoms with Gasteiger partial charge in [0.25, 0.3) is 6.01 Å². The lowest BCUT2D eigenvalue weighted by atomic mass is 10.2. The molecule has 72 valence electrons. The van der Waals surface area contributed by atoms with Crippen molar-refractivity contribution in [2.24, 2.45) is 0 Å². The molecule has 0 saturated heterocycles. The maximum absolute atomic E-state index is 13.2. The Morgan fingerprint density at radius 1 is 1.29 bits per heavy atom. The number of hydrogen-bond acceptors (Lipinski definition) is 3. The highest BCUT2D eigenvalue weighted by molar-refractivity contribution is 5.58. The SMILES string of the molecule is Nc1ncc(-c2cccc(F)c2F)o1. The van der Waals surface area contributed by atoms with Crippen LogP contribution in [0.2, 0.25) is 0 Å². The summed E-state index contributed by atoms with van der Waals surface area (Å²) in [5.74, 6) is -1.79. The van der Waals surface area contributed by atoms with Crippen molar-refractivity contribution >= 4 is 6.01 Å². The summed E-state index contributed by atoms with van der Waals surface area (Å²) in [6, 6.07) is 3.72. The molecule has 0 unspecified atom stereocenters. The number of benzene rings is 1. The van der Waals surface area contributed by atoms with E-state index in [-0.39, 0.29) is 17.3 Å². The van der Waals surface area contributed by atoms with Crippen LogP contribution in [0.4, 0.5) is 14.8 Å². The average Bonchev–Trinajstić information content (AvgIpc) is 2.57. The molecule has 2 aromatic rings. The van der Waals surface area contributed by atoms with Crippen LogP contribution in [0.1, 0.15) is 0 Å². The second-order valence-corrected chi connectivity index (χ2v) is 2.66. The summed E-state index contributed by atoms with van der Waals surface area (Å²) in [5, 5.41) is 0. The molecule has 0 saturated carbocycles. The topological polar surface area (TPSA) is 52.0 Å². The Morgan fingerprint density at radius 3 is 2.71 bits per heavy atom. The lowest BCUT2D eigenvalue weighted by Crippen LogP contribution is -1.87. The fourth-order valence-corrected chi connectivity index (χ4v) is 1.11. The summed E-state index contributed by atoms with van der Waals surface area (Å²) in [7, 11) is 0. The van der Waals surface area contributed by atoms with Crippen LogP contribution < -0.4 is 5.73 Å². The Balaban J connectivity index is 2.57. The quantitative estimate of drug-likeness (QED) is 0.760. The highest BCUT2D eigenvalue weighted by atomic mass is 19.2. The molecule has 1 aromatic heterocycles. The van der Waals surface area contributed by atoms with E-state index in [4.69, 9.17) is 10.2 Å². The van der Waals surface area contributed by atoms with Crippen molar-refractivity contribution in [2.75, 3.05) is 5.73 Å². The molecule has 1 aromatic carbocycles. The van der Waals surface area contributed by atoms with Crippen LogP contribution in [0.3, 0.4) is 0 Å². The first kappa shape index (κ1) is 8.68. The Labute approximate surface area is 78.2 Å². The molecule has 0 fully saturated rings. The van der Waals surface area contributed by atoms with Gasteiger partial charge in [-0.3, -0.25) is 0 Å². The molecule has 0 bridgehead atoms. The molecule has 1 heterocycles. The zero-order valence-corrected chi connectivity index (χ0v) is 7.00. The van der Waals surface area contributed by atoms with Gasteiger partial charge in [0.05, 0.1) is 11.8 Å². The summed E-state index contributed by atoms with van der Waals surface area (Å²) >= 11 is 0. The minimum atomic E-state index is -0.969. The number of nitrogen functional groups attached to an aromatic ring is 1. The first-order chi connectivity index (χ1) is 6.68. The molecule has 14 heavy (non-hydrogen) atoms. The lowest BCUT2D eigenvalue weighted by molar-refractivity contribution is 0.505. The van der Waals surface area contributed by atoms with Gasteiger partial charge < -0.3 is 10.2 Å².